The van der Waals surface area contributed by atoms with Gasteiger partial charge in [0, 0.05) is 23.8 Å². The molecule has 13 nitrogen and oxygen atoms in total. The van der Waals surface area contributed by atoms with Crippen molar-refractivity contribution in [2.45, 2.75) is 107 Å². The highest BCUT2D eigenvalue weighted by molar-refractivity contribution is 7.91. The van der Waals surface area contributed by atoms with Gasteiger partial charge in [0.1, 0.15) is 30.0 Å². The molecular weight excluding hydrogens is 687 g/mol. The summed E-state index contributed by atoms with van der Waals surface area (Å²) in [6, 6.07) is 8.84. The van der Waals surface area contributed by atoms with E-state index in [9.17, 15) is 27.6 Å². The summed E-state index contributed by atoms with van der Waals surface area (Å²) in [4.78, 5) is 60.6. The fraction of sp³-hybridized carbons (Fsp3) is 0.605. The molecule has 2 aliphatic heterocycles. The van der Waals surface area contributed by atoms with Crippen LogP contribution >= 0.6 is 0 Å². The summed E-state index contributed by atoms with van der Waals surface area (Å²) >= 11 is 0. The molecule has 4 aliphatic rings. The van der Waals surface area contributed by atoms with Crippen LogP contribution in [-0.2, 0) is 35.6 Å². The fourth-order valence-corrected chi connectivity index (χ4v) is 9.05. The van der Waals surface area contributed by atoms with Gasteiger partial charge in [0.05, 0.1) is 23.1 Å². The van der Waals surface area contributed by atoms with Crippen LogP contribution in [0.1, 0.15) is 83.7 Å². The molecule has 1 saturated heterocycles. The van der Waals surface area contributed by atoms with Gasteiger partial charge in [-0.05, 0) is 82.8 Å². The van der Waals surface area contributed by atoms with Crippen molar-refractivity contribution in [2.24, 2.45) is 17.8 Å². The molecule has 3 fully saturated rings. The summed E-state index contributed by atoms with van der Waals surface area (Å²) in [7, 11) is -3.90. The molecule has 3 N–H and O–H groups in total. The van der Waals surface area contributed by atoms with E-state index >= 15 is 0 Å². The Hall–Kier alpha value is -4.20. The second-order valence-electron chi connectivity index (χ2n) is 15.1. The van der Waals surface area contributed by atoms with Gasteiger partial charge < -0.3 is 25.0 Å². The van der Waals surface area contributed by atoms with E-state index in [-0.39, 0.29) is 44.1 Å². The minimum atomic E-state index is -3.90. The molecule has 2 aliphatic carbocycles. The monoisotopic (exact) mass is 737 g/mol. The minimum absolute atomic E-state index is 0.157. The molecule has 6 rings (SSSR count). The molecule has 2 saturated carbocycles. The number of carbonyl (C=O) groups is 4. The second kappa shape index (κ2) is 15.8. The van der Waals surface area contributed by atoms with Crippen molar-refractivity contribution in [3.8, 4) is 5.75 Å². The largest absolute Gasteiger partial charge is 0.491 e. The number of alkyl carbamates (subject to hydrolysis) is 1. The zero-order chi connectivity index (χ0) is 37.0. The van der Waals surface area contributed by atoms with E-state index in [0.29, 0.717) is 18.6 Å². The molecule has 0 unspecified atom stereocenters. The first-order chi connectivity index (χ1) is 24.9. The molecule has 0 spiro atoms. The number of hydrogen-bond acceptors (Lipinski definition) is 9. The lowest BCUT2D eigenvalue weighted by molar-refractivity contribution is -0.140. The molecule has 6 atom stereocenters. The number of sulfonamides is 1. The standard InChI is InChI=1S/C38H51N5O8S/c1-4-24(2)38(3,36(46)42-52(48,49)28-17-18-28)41-35(45)31-19-25-22-43(31)34(44)21-39-37(47)51-32-16-10-13-26(32)11-6-5-7-15-30-33(50-23-25)20-27-12-8-9-14-29(27)40-30/h4,8-9,12,14,20,24-26,28,31-32H,1,5-7,10-11,13,15-19,21-23H2,2-3H3,(H,39,47)(H,41,45)(H,42,46)/t24-,25+,26-,31-,32-,38+/m0/s1. The summed E-state index contributed by atoms with van der Waals surface area (Å²) < 4.78 is 39.8. The molecule has 1 aromatic heterocycles. The van der Waals surface area contributed by atoms with Crippen molar-refractivity contribution in [1.82, 2.24) is 25.2 Å². The maximum absolute atomic E-state index is 14.1. The Balaban J connectivity index is 1.25. The van der Waals surface area contributed by atoms with Crippen LogP contribution in [0.15, 0.2) is 43.0 Å². The second-order valence-corrected chi connectivity index (χ2v) is 17.0. The number of pyridine rings is 1. The van der Waals surface area contributed by atoms with Gasteiger partial charge in [-0.1, -0.05) is 44.0 Å². The smallest absolute Gasteiger partial charge is 0.407 e. The molecule has 0 radical (unpaired) electrons. The zero-order valence-corrected chi connectivity index (χ0v) is 30.9. The number of nitrogens with one attached hydrogen (secondary N) is 3. The Labute approximate surface area is 305 Å². The SMILES string of the molecule is C=C[C@H](C)[C@@](C)(NC(=O)[C@@H]1C[C@H]2COc3cc4ccccc4nc3CCCCC[C@H]3CCC[C@@H]3OC(=O)NCC(=O)N1C2)C(=O)NS(=O)(=O)C1CC1. The number of aromatic nitrogens is 1. The van der Waals surface area contributed by atoms with Gasteiger partial charge in [-0.15, -0.1) is 6.58 Å². The Bertz CT molecular complexity index is 1800. The van der Waals surface area contributed by atoms with Crippen LogP contribution in [0.3, 0.4) is 0 Å². The van der Waals surface area contributed by atoms with E-state index in [1.165, 1.54) is 17.9 Å². The Morgan fingerprint density at radius 3 is 2.63 bits per heavy atom. The first kappa shape index (κ1) is 37.6. The summed E-state index contributed by atoms with van der Waals surface area (Å²) in [6.07, 6.45) is 9.08. The number of rotatable bonds is 7. The topological polar surface area (TPSA) is 173 Å². The number of nitrogens with zero attached hydrogens (tertiary/aromatic N) is 2. The van der Waals surface area contributed by atoms with Gasteiger partial charge >= 0.3 is 6.09 Å². The molecule has 2 aromatic rings. The van der Waals surface area contributed by atoms with Crippen molar-refractivity contribution in [3.05, 3.63) is 48.7 Å². The summed E-state index contributed by atoms with van der Waals surface area (Å²) in [5.74, 6) is -2.02. The Morgan fingerprint density at radius 2 is 1.87 bits per heavy atom. The van der Waals surface area contributed by atoms with Gasteiger partial charge in [-0.2, -0.15) is 0 Å². The number of benzene rings is 1. The van der Waals surface area contributed by atoms with Crippen molar-refractivity contribution in [1.29, 1.82) is 0 Å². The third-order valence-corrected chi connectivity index (χ3v) is 13.1. The van der Waals surface area contributed by atoms with E-state index < -0.39 is 56.6 Å². The van der Waals surface area contributed by atoms with Gasteiger partial charge in [-0.3, -0.25) is 19.1 Å². The lowest BCUT2D eigenvalue weighted by Gasteiger charge is -2.35. The fourth-order valence-electron chi connectivity index (χ4n) is 7.66. The van der Waals surface area contributed by atoms with E-state index in [0.717, 1.165) is 68.0 Å². The lowest BCUT2D eigenvalue weighted by atomic mass is 9.85. The number of amides is 4. The number of fused-ring (bicyclic) bond motifs is 5. The minimum Gasteiger partial charge on any atom is -0.491 e. The molecule has 1 aromatic carbocycles. The number of aryl methyl sites for hydroxylation is 1. The van der Waals surface area contributed by atoms with E-state index in [1.807, 2.05) is 30.3 Å². The van der Waals surface area contributed by atoms with Crippen LogP contribution in [-0.4, -0.2) is 84.7 Å². The van der Waals surface area contributed by atoms with Gasteiger partial charge in [0.15, 0.2) is 0 Å². The maximum Gasteiger partial charge on any atom is 0.407 e. The molecule has 282 valence electrons. The van der Waals surface area contributed by atoms with E-state index in [1.54, 1.807) is 6.92 Å². The van der Waals surface area contributed by atoms with E-state index in [4.69, 9.17) is 14.5 Å². The predicted octanol–water partition coefficient (Wildman–Crippen LogP) is 4.15. The first-order valence-electron chi connectivity index (χ1n) is 18.6. The van der Waals surface area contributed by atoms with Crippen LogP contribution in [0.5, 0.6) is 5.75 Å². The lowest BCUT2D eigenvalue weighted by Crippen LogP contribution is -2.64. The van der Waals surface area contributed by atoms with Crippen LogP contribution in [0.25, 0.3) is 10.9 Å². The van der Waals surface area contributed by atoms with Crippen molar-refractivity contribution in [2.75, 3.05) is 19.7 Å². The Kier molecular flexibility index (Phi) is 11.4. The van der Waals surface area contributed by atoms with Crippen LogP contribution in [0.2, 0.25) is 0 Å². The molecule has 2 bridgehead atoms. The van der Waals surface area contributed by atoms with Crippen LogP contribution in [0, 0.1) is 17.8 Å². The summed E-state index contributed by atoms with van der Waals surface area (Å²) in [6.45, 7) is 6.86. The average molecular weight is 738 g/mol. The van der Waals surface area contributed by atoms with Gasteiger partial charge in [0.2, 0.25) is 21.8 Å². The summed E-state index contributed by atoms with van der Waals surface area (Å²) in [5.41, 5.74) is 0.0437. The Morgan fingerprint density at radius 1 is 1.10 bits per heavy atom. The molecular formula is C38H51N5O8S. The zero-order valence-electron chi connectivity index (χ0n) is 30.1. The quantitative estimate of drug-likeness (QED) is 0.353. The normalized spacial score (nSPS) is 26.5. The maximum atomic E-state index is 14.1. The highest BCUT2D eigenvalue weighted by Gasteiger charge is 2.47. The van der Waals surface area contributed by atoms with Gasteiger partial charge in [0.25, 0.3) is 5.91 Å². The molecule has 4 amide bonds. The van der Waals surface area contributed by atoms with Gasteiger partial charge in [-0.25, -0.2) is 18.2 Å². The number of ether oxygens (including phenoxy) is 2. The third kappa shape index (κ3) is 8.53. The molecule has 3 heterocycles. The number of hydrogen-bond donors (Lipinski definition) is 3. The predicted molar refractivity (Wildman–Crippen MR) is 195 cm³/mol. The number of para-hydroxylation sites is 1. The van der Waals surface area contributed by atoms with E-state index in [2.05, 4.69) is 21.9 Å². The average Bonchev–Trinajstić information content (AvgIpc) is 3.77. The molecule has 52 heavy (non-hydrogen) atoms. The van der Waals surface area contributed by atoms with Crippen molar-refractivity contribution >= 4 is 44.7 Å². The van der Waals surface area contributed by atoms with Crippen LogP contribution in [0.4, 0.5) is 4.79 Å². The highest BCUT2D eigenvalue weighted by Crippen LogP contribution is 2.34. The number of carbonyl (C=O) groups excluding carboxylic acids is 4. The summed E-state index contributed by atoms with van der Waals surface area (Å²) in [5, 5.41) is 5.69. The van der Waals surface area contributed by atoms with Crippen LogP contribution < -0.4 is 20.1 Å². The van der Waals surface area contributed by atoms with Crippen molar-refractivity contribution in [3.63, 3.8) is 0 Å². The highest BCUT2D eigenvalue weighted by atomic mass is 32.2. The first-order valence-corrected chi connectivity index (χ1v) is 20.2. The third-order valence-electron chi connectivity index (χ3n) is 11.3. The van der Waals surface area contributed by atoms with Crippen molar-refractivity contribution < 1.29 is 37.1 Å². The molecule has 14 heteroatoms.